The van der Waals surface area contributed by atoms with Crippen molar-refractivity contribution in [1.29, 1.82) is 0 Å². The van der Waals surface area contributed by atoms with Gasteiger partial charge in [0.1, 0.15) is 0 Å². The lowest BCUT2D eigenvalue weighted by Crippen LogP contribution is -1.96. The highest BCUT2D eigenvalue weighted by molar-refractivity contribution is 5.71. The molecule has 17 heavy (non-hydrogen) atoms. The van der Waals surface area contributed by atoms with Gasteiger partial charge in [0.05, 0.1) is 0 Å². The molecule has 0 amide bonds. The average Bonchev–Trinajstić information content (AvgIpc) is 2.40. The third kappa shape index (κ3) is 2.76. The molecule has 0 aliphatic carbocycles. The molecule has 2 rings (SSSR count). The summed E-state index contributed by atoms with van der Waals surface area (Å²) in [4.78, 5) is 0. The fourth-order valence-electron chi connectivity index (χ4n) is 1.85. The summed E-state index contributed by atoms with van der Waals surface area (Å²) in [5, 5.41) is 0. The monoisotopic (exact) mass is 223 g/mol. The van der Waals surface area contributed by atoms with Gasteiger partial charge in [-0.2, -0.15) is 0 Å². The smallest absolute Gasteiger partial charge is 0.0347 e. The Kier molecular flexibility index (Phi) is 3.61. The van der Waals surface area contributed by atoms with E-state index < -0.39 is 0 Å². The summed E-state index contributed by atoms with van der Waals surface area (Å²) < 4.78 is 0. The van der Waals surface area contributed by atoms with Crippen molar-refractivity contribution in [1.82, 2.24) is 0 Å². The molecule has 2 aromatic rings. The van der Waals surface area contributed by atoms with Gasteiger partial charge in [-0.3, -0.25) is 0 Å². The van der Waals surface area contributed by atoms with Crippen LogP contribution >= 0.6 is 0 Å². The lowest BCUT2D eigenvalue weighted by Gasteiger charge is -2.06. The second kappa shape index (κ2) is 5.35. The largest absolute Gasteiger partial charge is 0.399 e. The van der Waals surface area contributed by atoms with Gasteiger partial charge in [0.15, 0.2) is 0 Å². The first-order chi connectivity index (χ1) is 8.31. The Bertz CT molecular complexity index is 512. The molecule has 0 radical (unpaired) electrons. The second-order valence-corrected chi connectivity index (χ2v) is 4.01. The van der Waals surface area contributed by atoms with Crippen LogP contribution < -0.4 is 5.73 Å². The molecular formula is C16H17N. The molecule has 0 aromatic heterocycles. The summed E-state index contributed by atoms with van der Waals surface area (Å²) in [7, 11) is 0. The van der Waals surface area contributed by atoms with Crippen LogP contribution in [0.15, 0.2) is 60.7 Å². The van der Waals surface area contributed by atoms with E-state index in [4.69, 9.17) is 5.73 Å². The Morgan fingerprint density at radius 2 is 1.71 bits per heavy atom. The summed E-state index contributed by atoms with van der Waals surface area (Å²) in [6, 6.07) is 18.7. The van der Waals surface area contributed by atoms with Crippen LogP contribution in [0.3, 0.4) is 0 Å². The Morgan fingerprint density at radius 3 is 2.41 bits per heavy atom. The van der Waals surface area contributed by atoms with Gasteiger partial charge in [-0.1, -0.05) is 61.5 Å². The first-order valence-electron chi connectivity index (χ1n) is 5.92. The molecule has 2 aromatic carbocycles. The van der Waals surface area contributed by atoms with Gasteiger partial charge in [-0.15, -0.1) is 0 Å². The molecule has 0 saturated carbocycles. The maximum absolute atomic E-state index is 6.01. The van der Waals surface area contributed by atoms with E-state index in [1.54, 1.807) is 0 Å². The van der Waals surface area contributed by atoms with E-state index in [1.165, 1.54) is 11.1 Å². The average molecular weight is 223 g/mol. The van der Waals surface area contributed by atoms with Crippen LogP contribution in [0.1, 0.15) is 18.9 Å². The SMILES string of the molecule is CC/C=C(/N)c1cccc(-c2ccccc2)c1. The Hall–Kier alpha value is -2.02. The van der Waals surface area contributed by atoms with Gasteiger partial charge in [-0.05, 0) is 29.2 Å². The van der Waals surface area contributed by atoms with Crippen molar-refractivity contribution in [3.05, 3.63) is 66.2 Å². The number of benzene rings is 2. The van der Waals surface area contributed by atoms with Crippen molar-refractivity contribution < 1.29 is 0 Å². The van der Waals surface area contributed by atoms with Gasteiger partial charge in [0, 0.05) is 5.70 Å². The van der Waals surface area contributed by atoms with Crippen molar-refractivity contribution >= 4 is 5.70 Å². The van der Waals surface area contributed by atoms with Gasteiger partial charge in [-0.25, -0.2) is 0 Å². The normalized spacial score (nSPS) is 11.5. The number of hydrogen-bond donors (Lipinski definition) is 1. The number of hydrogen-bond acceptors (Lipinski definition) is 1. The quantitative estimate of drug-likeness (QED) is 0.834. The Labute approximate surface area is 103 Å². The van der Waals surface area contributed by atoms with Crippen molar-refractivity contribution in [3.8, 4) is 11.1 Å². The molecular weight excluding hydrogens is 206 g/mol. The second-order valence-electron chi connectivity index (χ2n) is 4.01. The third-order valence-electron chi connectivity index (χ3n) is 2.73. The van der Waals surface area contributed by atoms with Gasteiger partial charge in [0.2, 0.25) is 0 Å². The van der Waals surface area contributed by atoms with E-state index >= 15 is 0 Å². The standard InChI is InChI=1S/C16H17N/c1-2-7-16(17)15-11-6-10-14(12-15)13-8-4-3-5-9-13/h3-12H,2,17H2,1H3/b16-7+. The molecule has 0 spiro atoms. The van der Waals surface area contributed by atoms with Gasteiger partial charge in [0.25, 0.3) is 0 Å². The summed E-state index contributed by atoms with van der Waals surface area (Å²) in [5.74, 6) is 0. The minimum absolute atomic E-state index is 0.852. The van der Waals surface area contributed by atoms with E-state index in [2.05, 4.69) is 31.2 Å². The molecule has 0 bridgehead atoms. The fraction of sp³-hybridized carbons (Fsp3) is 0.125. The summed E-state index contributed by atoms with van der Waals surface area (Å²) in [6.45, 7) is 2.09. The van der Waals surface area contributed by atoms with Gasteiger partial charge < -0.3 is 5.73 Å². The lowest BCUT2D eigenvalue weighted by atomic mass is 10.0. The highest BCUT2D eigenvalue weighted by atomic mass is 14.6. The Balaban J connectivity index is 2.39. The number of allylic oxidation sites excluding steroid dienone is 1. The van der Waals surface area contributed by atoms with Crippen LogP contribution in [-0.4, -0.2) is 0 Å². The van der Waals surface area contributed by atoms with E-state index in [9.17, 15) is 0 Å². The highest BCUT2D eigenvalue weighted by Gasteiger charge is 2.00. The van der Waals surface area contributed by atoms with Crippen LogP contribution in [0.4, 0.5) is 0 Å². The molecule has 0 heterocycles. The van der Waals surface area contributed by atoms with Crippen LogP contribution in [0, 0.1) is 0 Å². The maximum Gasteiger partial charge on any atom is 0.0347 e. The van der Waals surface area contributed by atoms with Crippen LogP contribution in [0.25, 0.3) is 16.8 Å². The summed E-state index contributed by atoms with van der Waals surface area (Å²) in [5.41, 5.74) is 10.4. The molecule has 0 aliphatic heterocycles. The summed E-state index contributed by atoms with van der Waals surface area (Å²) >= 11 is 0. The number of rotatable bonds is 3. The van der Waals surface area contributed by atoms with Crippen molar-refractivity contribution in [2.24, 2.45) is 5.73 Å². The molecule has 0 fully saturated rings. The fourth-order valence-corrected chi connectivity index (χ4v) is 1.85. The molecule has 0 atom stereocenters. The predicted octanol–water partition coefficient (Wildman–Crippen LogP) is 4.06. The van der Waals surface area contributed by atoms with E-state index in [0.29, 0.717) is 0 Å². The molecule has 1 heteroatoms. The zero-order valence-corrected chi connectivity index (χ0v) is 10.1. The van der Waals surface area contributed by atoms with Crippen molar-refractivity contribution in [3.63, 3.8) is 0 Å². The minimum atomic E-state index is 0.852. The van der Waals surface area contributed by atoms with E-state index in [-0.39, 0.29) is 0 Å². The van der Waals surface area contributed by atoms with E-state index in [1.807, 2.05) is 36.4 Å². The van der Waals surface area contributed by atoms with Crippen LogP contribution in [0.5, 0.6) is 0 Å². The predicted molar refractivity (Wildman–Crippen MR) is 74.3 cm³/mol. The first-order valence-corrected chi connectivity index (χ1v) is 5.92. The Morgan fingerprint density at radius 1 is 1.00 bits per heavy atom. The van der Waals surface area contributed by atoms with Gasteiger partial charge >= 0.3 is 0 Å². The highest BCUT2D eigenvalue weighted by Crippen LogP contribution is 2.22. The maximum atomic E-state index is 6.01. The number of nitrogens with two attached hydrogens (primary N) is 1. The third-order valence-corrected chi connectivity index (χ3v) is 2.73. The zero-order chi connectivity index (χ0) is 12.1. The zero-order valence-electron chi connectivity index (χ0n) is 10.1. The topological polar surface area (TPSA) is 26.0 Å². The lowest BCUT2D eigenvalue weighted by molar-refractivity contribution is 1.22. The molecule has 0 aliphatic rings. The van der Waals surface area contributed by atoms with Crippen LogP contribution in [-0.2, 0) is 0 Å². The minimum Gasteiger partial charge on any atom is -0.399 e. The van der Waals surface area contributed by atoms with Crippen molar-refractivity contribution in [2.45, 2.75) is 13.3 Å². The summed E-state index contributed by atoms with van der Waals surface area (Å²) in [6.07, 6.45) is 3.01. The molecule has 0 unspecified atom stereocenters. The molecule has 1 nitrogen and oxygen atoms in total. The first kappa shape index (κ1) is 11.5. The molecule has 86 valence electrons. The molecule has 0 saturated heterocycles. The van der Waals surface area contributed by atoms with Crippen molar-refractivity contribution in [2.75, 3.05) is 0 Å². The van der Waals surface area contributed by atoms with E-state index in [0.717, 1.165) is 17.7 Å². The van der Waals surface area contributed by atoms with Crippen LogP contribution in [0.2, 0.25) is 0 Å². The molecule has 2 N–H and O–H groups in total.